The van der Waals surface area contributed by atoms with Gasteiger partial charge in [0.05, 0.1) is 25.1 Å². The molecule has 1 aliphatic rings. The first kappa shape index (κ1) is 16.1. The van der Waals surface area contributed by atoms with Gasteiger partial charge in [-0.1, -0.05) is 6.07 Å². The van der Waals surface area contributed by atoms with Gasteiger partial charge in [0, 0.05) is 19.3 Å². The summed E-state index contributed by atoms with van der Waals surface area (Å²) in [6, 6.07) is 5.42. The van der Waals surface area contributed by atoms with Crippen LogP contribution in [0.2, 0.25) is 0 Å². The molecule has 126 valence electrons. The maximum Gasteiger partial charge on any atom is 0.342 e. The van der Waals surface area contributed by atoms with Crippen LogP contribution in [0, 0.1) is 6.92 Å². The van der Waals surface area contributed by atoms with Crippen molar-refractivity contribution >= 4 is 11.9 Å². The lowest BCUT2D eigenvalue weighted by Crippen LogP contribution is -2.42. The van der Waals surface area contributed by atoms with E-state index in [9.17, 15) is 9.59 Å². The van der Waals surface area contributed by atoms with Gasteiger partial charge in [0.25, 0.3) is 5.91 Å². The van der Waals surface area contributed by atoms with Crippen molar-refractivity contribution in [1.82, 2.24) is 19.7 Å². The molecule has 3 rings (SSSR count). The summed E-state index contributed by atoms with van der Waals surface area (Å²) in [7, 11) is 0. The molecule has 0 aromatic carbocycles. The van der Waals surface area contributed by atoms with Gasteiger partial charge < -0.3 is 14.4 Å². The summed E-state index contributed by atoms with van der Waals surface area (Å²) < 4.78 is 11.9. The molecule has 0 spiro atoms. The van der Waals surface area contributed by atoms with Crippen LogP contribution in [0.1, 0.15) is 16.1 Å². The molecule has 0 bridgehead atoms. The standard InChI is InChI=1S/C16H18N4O4/c1-12-13(10-18-20(12)14-4-2-3-5-17-14)16(22)24-11-15(21)19-6-8-23-9-7-19/h2-5,10H,6-9,11H2,1H3. The number of hydrogen-bond donors (Lipinski definition) is 0. The smallest absolute Gasteiger partial charge is 0.342 e. The molecule has 2 aromatic rings. The van der Waals surface area contributed by atoms with Crippen LogP contribution >= 0.6 is 0 Å². The molecule has 1 saturated heterocycles. The average Bonchev–Trinajstić information content (AvgIpc) is 3.02. The molecule has 0 aliphatic carbocycles. The molecule has 0 saturated carbocycles. The normalized spacial score (nSPS) is 14.5. The molecule has 24 heavy (non-hydrogen) atoms. The quantitative estimate of drug-likeness (QED) is 0.763. The highest BCUT2D eigenvalue weighted by atomic mass is 16.5. The topological polar surface area (TPSA) is 86.5 Å². The number of carbonyl (C=O) groups is 2. The second kappa shape index (κ2) is 7.22. The van der Waals surface area contributed by atoms with Crippen LogP contribution in [-0.4, -0.2) is 64.5 Å². The van der Waals surface area contributed by atoms with Crippen molar-refractivity contribution in [3.05, 3.63) is 41.9 Å². The number of ether oxygens (including phenoxy) is 2. The van der Waals surface area contributed by atoms with E-state index in [1.165, 1.54) is 6.20 Å². The first-order valence-corrected chi connectivity index (χ1v) is 7.65. The monoisotopic (exact) mass is 330 g/mol. The van der Waals surface area contributed by atoms with Crippen molar-refractivity contribution < 1.29 is 19.1 Å². The fourth-order valence-corrected chi connectivity index (χ4v) is 2.43. The predicted molar refractivity (Wildman–Crippen MR) is 83.8 cm³/mol. The summed E-state index contributed by atoms with van der Waals surface area (Å²) >= 11 is 0. The van der Waals surface area contributed by atoms with E-state index >= 15 is 0 Å². The van der Waals surface area contributed by atoms with Gasteiger partial charge >= 0.3 is 5.97 Å². The number of carbonyl (C=O) groups excluding carboxylic acids is 2. The molecule has 0 N–H and O–H groups in total. The van der Waals surface area contributed by atoms with Crippen LogP contribution in [0.4, 0.5) is 0 Å². The zero-order valence-corrected chi connectivity index (χ0v) is 13.3. The zero-order chi connectivity index (χ0) is 16.9. The first-order chi connectivity index (χ1) is 11.7. The summed E-state index contributed by atoms with van der Waals surface area (Å²) in [5.74, 6) is -0.184. The Kier molecular flexibility index (Phi) is 4.85. The third-order valence-corrected chi connectivity index (χ3v) is 3.79. The molecule has 1 amide bonds. The maximum atomic E-state index is 12.2. The van der Waals surface area contributed by atoms with E-state index in [1.807, 2.05) is 6.07 Å². The number of esters is 1. The molecule has 0 radical (unpaired) electrons. The molecular formula is C16H18N4O4. The number of rotatable bonds is 4. The fourth-order valence-electron chi connectivity index (χ4n) is 2.43. The van der Waals surface area contributed by atoms with E-state index in [4.69, 9.17) is 9.47 Å². The molecule has 8 heteroatoms. The van der Waals surface area contributed by atoms with Crippen LogP contribution in [0.15, 0.2) is 30.6 Å². The first-order valence-electron chi connectivity index (χ1n) is 7.65. The molecule has 1 fully saturated rings. The van der Waals surface area contributed by atoms with Crippen molar-refractivity contribution in [2.45, 2.75) is 6.92 Å². The predicted octanol–water partition coefficient (Wildman–Crippen LogP) is 0.591. The van der Waals surface area contributed by atoms with E-state index in [2.05, 4.69) is 10.1 Å². The van der Waals surface area contributed by atoms with Gasteiger partial charge in [-0.2, -0.15) is 5.10 Å². The largest absolute Gasteiger partial charge is 0.452 e. The number of hydrogen-bond acceptors (Lipinski definition) is 6. The maximum absolute atomic E-state index is 12.2. The van der Waals surface area contributed by atoms with E-state index in [1.54, 1.807) is 34.8 Å². The Balaban J connectivity index is 1.63. The van der Waals surface area contributed by atoms with Crippen molar-refractivity contribution in [2.24, 2.45) is 0 Å². The molecule has 2 aromatic heterocycles. The summed E-state index contributed by atoms with van der Waals surface area (Å²) in [4.78, 5) is 30.0. The Bertz CT molecular complexity index is 723. The molecule has 8 nitrogen and oxygen atoms in total. The number of aromatic nitrogens is 3. The van der Waals surface area contributed by atoms with Gasteiger partial charge in [-0.05, 0) is 19.1 Å². The summed E-state index contributed by atoms with van der Waals surface area (Å²) in [6.07, 6.45) is 3.07. The molecule has 0 unspecified atom stereocenters. The van der Waals surface area contributed by atoms with Crippen LogP contribution in [0.5, 0.6) is 0 Å². The Morgan fingerprint density at radius 1 is 1.29 bits per heavy atom. The fraction of sp³-hybridized carbons (Fsp3) is 0.375. The second-order valence-corrected chi connectivity index (χ2v) is 5.31. The van der Waals surface area contributed by atoms with Crippen molar-refractivity contribution in [1.29, 1.82) is 0 Å². The van der Waals surface area contributed by atoms with Crippen LogP contribution < -0.4 is 0 Å². The third kappa shape index (κ3) is 3.43. The minimum Gasteiger partial charge on any atom is -0.452 e. The summed E-state index contributed by atoms with van der Waals surface area (Å²) in [5, 5.41) is 4.17. The van der Waals surface area contributed by atoms with Crippen molar-refractivity contribution in [3.8, 4) is 5.82 Å². The van der Waals surface area contributed by atoms with E-state index < -0.39 is 5.97 Å². The number of amides is 1. The minimum atomic E-state index is -0.573. The number of morpholine rings is 1. The summed E-state index contributed by atoms with van der Waals surface area (Å²) in [5.41, 5.74) is 0.924. The molecule has 0 atom stereocenters. The van der Waals surface area contributed by atoms with Crippen LogP contribution in [-0.2, 0) is 14.3 Å². The SMILES string of the molecule is Cc1c(C(=O)OCC(=O)N2CCOCC2)cnn1-c1ccccn1. The van der Waals surface area contributed by atoms with Crippen molar-refractivity contribution in [2.75, 3.05) is 32.9 Å². The van der Waals surface area contributed by atoms with Gasteiger partial charge in [0.15, 0.2) is 12.4 Å². The van der Waals surface area contributed by atoms with Crippen LogP contribution in [0.3, 0.4) is 0 Å². The highest BCUT2D eigenvalue weighted by Crippen LogP contribution is 2.13. The average molecular weight is 330 g/mol. The molecule has 1 aliphatic heterocycles. The lowest BCUT2D eigenvalue weighted by atomic mass is 10.2. The van der Waals surface area contributed by atoms with E-state index in [-0.39, 0.29) is 12.5 Å². The molecule has 3 heterocycles. The molecular weight excluding hydrogens is 312 g/mol. The van der Waals surface area contributed by atoms with Gasteiger partial charge in [0.2, 0.25) is 0 Å². The van der Waals surface area contributed by atoms with Gasteiger partial charge in [-0.25, -0.2) is 14.5 Å². The van der Waals surface area contributed by atoms with Gasteiger partial charge in [-0.3, -0.25) is 4.79 Å². The third-order valence-electron chi connectivity index (χ3n) is 3.79. The second-order valence-electron chi connectivity index (χ2n) is 5.31. The van der Waals surface area contributed by atoms with Gasteiger partial charge in [-0.15, -0.1) is 0 Å². The number of nitrogens with zero attached hydrogens (tertiary/aromatic N) is 4. The Labute approximate surface area is 139 Å². The number of pyridine rings is 1. The minimum absolute atomic E-state index is 0.221. The Morgan fingerprint density at radius 3 is 2.79 bits per heavy atom. The lowest BCUT2D eigenvalue weighted by molar-refractivity contribution is -0.138. The van der Waals surface area contributed by atoms with E-state index in [0.717, 1.165) is 0 Å². The Hall–Kier alpha value is -2.74. The van der Waals surface area contributed by atoms with Gasteiger partial charge in [0.1, 0.15) is 5.56 Å². The highest BCUT2D eigenvalue weighted by molar-refractivity contribution is 5.92. The van der Waals surface area contributed by atoms with Crippen LogP contribution in [0.25, 0.3) is 5.82 Å². The Morgan fingerprint density at radius 2 is 2.08 bits per heavy atom. The van der Waals surface area contributed by atoms with Crippen molar-refractivity contribution in [3.63, 3.8) is 0 Å². The van der Waals surface area contributed by atoms with E-state index in [0.29, 0.717) is 43.4 Å². The zero-order valence-electron chi connectivity index (χ0n) is 13.3. The summed E-state index contributed by atoms with van der Waals surface area (Å²) in [6.45, 7) is 3.53. The highest BCUT2D eigenvalue weighted by Gasteiger charge is 2.21. The lowest BCUT2D eigenvalue weighted by Gasteiger charge is -2.26.